The Labute approximate surface area is 133 Å². The molecule has 0 saturated carbocycles. The maximum atomic E-state index is 6.22. The Bertz CT molecular complexity index is 834. The van der Waals surface area contributed by atoms with Crippen molar-refractivity contribution >= 4 is 16.3 Å². The molecular weight excluding hydrogens is 294 g/mol. The van der Waals surface area contributed by atoms with Gasteiger partial charge in [-0.15, -0.1) is 11.3 Å². The van der Waals surface area contributed by atoms with Crippen LogP contribution in [0.25, 0.3) is 22.8 Å². The third kappa shape index (κ3) is 2.13. The molecule has 0 unspecified atom stereocenters. The van der Waals surface area contributed by atoms with Gasteiger partial charge in [0.25, 0.3) is 5.89 Å². The highest BCUT2D eigenvalue weighted by Gasteiger charge is 2.24. The number of benzene rings is 1. The minimum Gasteiger partial charge on any atom is -0.390 e. The van der Waals surface area contributed by atoms with Crippen LogP contribution in [0.4, 0.5) is 5.00 Å². The van der Waals surface area contributed by atoms with Crippen molar-refractivity contribution in [3.05, 3.63) is 40.3 Å². The van der Waals surface area contributed by atoms with E-state index in [1.807, 2.05) is 31.2 Å². The van der Waals surface area contributed by atoms with Crippen molar-refractivity contribution in [3.63, 3.8) is 0 Å². The number of thiophene rings is 1. The van der Waals surface area contributed by atoms with Gasteiger partial charge in [0.1, 0.15) is 0 Å². The predicted molar refractivity (Wildman–Crippen MR) is 88.8 cm³/mol. The number of nitrogens with two attached hydrogens (primary N) is 1. The van der Waals surface area contributed by atoms with E-state index < -0.39 is 0 Å². The largest absolute Gasteiger partial charge is 0.390 e. The normalized spacial score (nSPS) is 14.0. The van der Waals surface area contributed by atoms with Gasteiger partial charge < -0.3 is 10.3 Å². The van der Waals surface area contributed by atoms with E-state index in [1.54, 1.807) is 11.3 Å². The zero-order chi connectivity index (χ0) is 15.1. The molecule has 0 bridgehead atoms. The lowest BCUT2D eigenvalue weighted by Gasteiger charge is -2.10. The van der Waals surface area contributed by atoms with Crippen LogP contribution in [0.5, 0.6) is 0 Å². The standard InChI is InChI=1S/C17H17N3OS/c1-10-6-2-3-7-11(10)16-19-17(21-20-16)14-12-8-4-5-9-13(12)22-15(14)18/h2-3,6-7H,4-5,8-9,18H2,1H3. The van der Waals surface area contributed by atoms with Crippen molar-refractivity contribution in [2.24, 2.45) is 0 Å². The lowest BCUT2D eigenvalue weighted by molar-refractivity contribution is 0.432. The SMILES string of the molecule is Cc1ccccc1-c1noc(-c2c(N)sc3c2CCCC3)n1. The maximum absolute atomic E-state index is 6.22. The lowest BCUT2D eigenvalue weighted by Crippen LogP contribution is -1.99. The number of aromatic nitrogens is 2. The third-order valence-electron chi connectivity index (χ3n) is 4.22. The molecule has 2 heterocycles. The van der Waals surface area contributed by atoms with Crippen LogP contribution in [-0.4, -0.2) is 10.1 Å². The molecule has 1 aliphatic carbocycles. The Kier molecular flexibility index (Phi) is 3.22. The summed E-state index contributed by atoms with van der Waals surface area (Å²) in [6.45, 7) is 2.05. The maximum Gasteiger partial charge on any atom is 0.261 e. The highest BCUT2D eigenvalue weighted by molar-refractivity contribution is 7.16. The molecule has 0 aliphatic heterocycles. The van der Waals surface area contributed by atoms with Crippen molar-refractivity contribution in [2.75, 3.05) is 5.73 Å². The van der Waals surface area contributed by atoms with Crippen molar-refractivity contribution in [1.29, 1.82) is 0 Å². The summed E-state index contributed by atoms with van der Waals surface area (Å²) >= 11 is 1.67. The van der Waals surface area contributed by atoms with Crippen molar-refractivity contribution < 1.29 is 4.52 Å². The molecule has 2 aromatic heterocycles. The first-order chi connectivity index (χ1) is 10.7. The number of nitrogens with zero attached hydrogens (tertiary/aromatic N) is 2. The summed E-state index contributed by atoms with van der Waals surface area (Å²) < 4.78 is 5.53. The molecular formula is C17H17N3OS. The Balaban J connectivity index is 1.80. The van der Waals surface area contributed by atoms with E-state index in [2.05, 4.69) is 10.1 Å². The molecule has 1 aromatic carbocycles. The molecule has 0 spiro atoms. The monoisotopic (exact) mass is 311 g/mol. The van der Waals surface area contributed by atoms with Gasteiger partial charge in [-0.05, 0) is 43.7 Å². The quantitative estimate of drug-likeness (QED) is 0.769. The molecule has 4 nitrogen and oxygen atoms in total. The van der Waals surface area contributed by atoms with Gasteiger partial charge in [0.05, 0.1) is 10.6 Å². The molecule has 0 saturated heterocycles. The van der Waals surface area contributed by atoms with Crippen LogP contribution in [0.1, 0.15) is 28.8 Å². The number of hydrogen-bond acceptors (Lipinski definition) is 5. The number of aryl methyl sites for hydroxylation is 2. The fraction of sp³-hybridized carbons (Fsp3) is 0.294. The molecule has 4 rings (SSSR count). The minimum atomic E-state index is 0.551. The summed E-state index contributed by atoms with van der Waals surface area (Å²) in [7, 11) is 0. The Morgan fingerprint density at radius 2 is 2.00 bits per heavy atom. The van der Waals surface area contributed by atoms with Crippen LogP contribution in [-0.2, 0) is 12.8 Å². The number of anilines is 1. The lowest BCUT2D eigenvalue weighted by atomic mass is 9.95. The van der Waals surface area contributed by atoms with Crippen LogP contribution in [0.3, 0.4) is 0 Å². The van der Waals surface area contributed by atoms with Crippen molar-refractivity contribution in [1.82, 2.24) is 10.1 Å². The molecule has 0 radical (unpaired) electrons. The van der Waals surface area contributed by atoms with Gasteiger partial charge in [0.15, 0.2) is 0 Å². The number of fused-ring (bicyclic) bond motifs is 1. The minimum absolute atomic E-state index is 0.551. The van der Waals surface area contributed by atoms with Crippen LogP contribution in [0.2, 0.25) is 0 Å². The predicted octanol–water partition coefficient (Wildman–Crippen LogP) is 4.23. The van der Waals surface area contributed by atoms with Gasteiger partial charge in [0, 0.05) is 10.4 Å². The highest BCUT2D eigenvalue weighted by Crippen LogP contribution is 2.42. The van der Waals surface area contributed by atoms with E-state index in [9.17, 15) is 0 Å². The Hall–Kier alpha value is -2.14. The van der Waals surface area contributed by atoms with Crippen LogP contribution in [0.15, 0.2) is 28.8 Å². The second-order valence-corrected chi connectivity index (χ2v) is 6.82. The van der Waals surface area contributed by atoms with E-state index in [1.165, 1.54) is 23.3 Å². The molecule has 0 fully saturated rings. The average Bonchev–Trinajstić information content (AvgIpc) is 3.10. The summed E-state index contributed by atoms with van der Waals surface area (Å²) in [6, 6.07) is 8.05. The zero-order valence-electron chi connectivity index (χ0n) is 12.4. The van der Waals surface area contributed by atoms with E-state index in [-0.39, 0.29) is 0 Å². The molecule has 22 heavy (non-hydrogen) atoms. The van der Waals surface area contributed by atoms with Crippen LogP contribution >= 0.6 is 11.3 Å². The van der Waals surface area contributed by atoms with Gasteiger partial charge in [-0.3, -0.25) is 0 Å². The fourth-order valence-electron chi connectivity index (χ4n) is 3.08. The summed E-state index contributed by atoms with van der Waals surface area (Å²) in [5, 5.41) is 4.95. The number of hydrogen-bond donors (Lipinski definition) is 1. The van der Waals surface area contributed by atoms with Gasteiger partial charge in [-0.2, -0.15) is 4.98 Å². The third-order valence-corrected chi connectivity index (χ3v) is 5.35. The summed E-state index contributed by atoms with van der Waals surface area (Å²) in [4.78, 5) is 5.99. The first-order valence-electron chi connectivity index (χ1n) is 7.54. The topological polar surface area (TPSA) is 64.9 Å². The van der Waals surface area contributed by atoms with Crippen LogP contribution in [0, 0.1) is 6.92 Å². The van der Waals surface area contributed by atoms with E-state index >= 15 is 0 Å². The molecule has 3 aromatic rings. The van der Waals surface area contributed by atoms with E-state index in [0.717, 1.165) is 34.5 Å². The highest BCUT2D eigenvalue weighted by atomic mass is 32.1. The molecule has 1 aliphatic rings. The molecule has 112 valence electrons. The number of rotatable bonds is 2. The van der Waals surface area contributed by atoms with E-state index in [4.69, 9.17) is 10.3 Å². The van der Waals surface area contributed by atoms with Crippen LogP contribution < -0.4 is 5.73 Å². The fourth-order valence-corrected chi connectivity index (χ4v) is 4.23. The smallest absolute Gasteiger partial charge is 0.261 e. The van der Waals surface area contributed by atoms with Gasteiger partial charge in [-0.25, -0.2) is 0 Å². The van der Waals surface area contributed by atoms with Crippen molar-refractivity contribution in [2.45, 2.75) is 32.6 Å². The second kappa shape index (κ2) is 5.25. The summed E-state index contributed by atoms with van der Waals surface area (Å²) in [5.41, 5.74) is 10.6. The average molecular weight is 311 g/mol. The summed E-state index contributed by atoms with van der Waals surface area (Å²) in [6.07, 6.45) is 4.61. The molecule has 0 amide bonds. The zero-order valence-corrected chi connectivity index (χ0v) is 13.2. The Morgan fingerprint density at radius 3 is 2.86 bits per heavy atom. The van der Waals surface area contributed by atoms with Crippen molar-refractivity contribution in [3.8, 4) is 22.8 Å². The Morgan fingerprint density at radius 1 is 1.18 bits per heavy atom. The van der Waals surface area contributed by atoms with Gasteiger partial charge in [0.2, 0.25) is 5.82 Å². The molecule has 0 atom stereocenters. The number of nitrogen functional groups attached to an aromatic ring is 1. The van der Waals surface area contributed by atoms with Gasteiger partial charge >= 0.3 is 0 Å². The summed E-state index contributed by atoms with van der Waals surface area (Å²) in [5.74, 6) is 1.18. The second-order valence-electron chi connectivity index (χ2n) is 5.69. The first-order valence-corrected chi connectivity index (χ1v) is 8.36. The van der Waals surface area contributed by atoms with E-state index in [0.29, 0.717) is 11.7 Å². The van der Waals surface area contributed by atoms with Gasteiger partial charge in [-0.1, -0.05) is 29.4 Å². The molecule has 2 N–H and O–H groups in total. The molecule has 5 heteroatoms. The first kappa shape index (κ1) is 13.5.